The Morgan fingerprint density at radius 1 is 1.41 bits per heavy atom. The summed E-state index contributed by atoms with van der Waals surface area (Å²) in [6.45, 7) is 4.00. The molecule has 2 N–H and O–H groups in total. The van der Waals surface area contributed by atoms with Crippen LogP contribution in [0.5, 0.6) is 0 Å². The zero-order valence-corrected chi connectivity index (χ0v) is 11.4. The molecule has 0 aliphatic rings. The fraction of sp³-hybridized carbons (Fsp3) is 0.250. The standard InChI is InChI=1S/C12H14N2OS2/c1-8-9(2)16-12(14-8)7-17(15)11-5-3-4-10(13)6-11/h3-6H,7,13H2,1-2H3. The van der Waals surface area contributed by atoms with E-state index in [9.17, 15) is 4.21 Å². The van der Waals surface area contributed by atoms with Gasteiger partial charge in [0.25, 0.3) is 0 Å². The first-order valence-electron chi connectivity index (χ1n) is 5.23. The van der Waals surface area contributed by atoms with Crippen molar-refractivity contribution in [3.8, 4) is 0 Å². The van der Waals surface area contributed by atoms with E-state index < -0.39 is 10.8 Å². The van der Waals surface area contributed by atoms with Gasteiger partial charge in [-0.15, -0.1) is 11.3 Å². The molecule has 1 aromatic carbocycles. The highest BCUT2D eigenvalue weighted by Gasteiger charge is 2.10. The van der Waals surface area contributed by atoms with Crippen LogP contribution < -0.4 is 5.73 Å². The number of benzene rings is 1. The highest BCUT2D eigenvalue weighted by molar-refractivity contribution is 7.84. The fourth-order valence-electron chi connectivity index (χ4n) is 1.45. The first kappa shape index (κ1) is 12.3. The normalized spacial score (nSPS) is 12.6. The van der Waals surface area contributed by atoms with Crippen LogP contribution in [0.25, 0.3) is 0 Å². The smallest absolute Gasteiger partial charge is 0.106 e. The lowest BCUT2D eigenvalue weighted by molar-refractivity contribution is 0.682. The number of aromatic nitrogens is 1. The van der Waals surface area contributed by atoms with E-state index in [0.717, 1.165) is 15.6 Å². The van der Waals surface area contributed by atoms with Gasteiger partial charge in [0, 0.05) is 15.5 Å². The van der Waals surface area contributed by atoms with Gasteiger partial charge in [0.2, 0.25) is 0 Å². The highest BCUT2D eigenvalue weighted by Crippen LogP contribution is 2.20. The van der Waals surface area contributed by atoms with Gasteiger partial charge < -0.3 is 5.73 Å². The molecule has 0 aliphatic carbocycles. The van der Waals surface area contributed by atoms with E-state index in [1.165, 1.54) is 4.88 Å². The van der Waals surface area contributed by atoms with Crippen molar-refractivity contribution in [1.82, 2.24) is 4.98 Å². The molecule has 1 heterocycles. The lowest BCUT2D eigenvalue weighted by Gasteiger charge is -2.00. The lowest BCUT2D eigenvalue weighted by atomic mass is 10.3. The minimum Gasteiger partial charge on any atom is -0.399 e. The second-order valence-electron chi connectivity index (χ2n) is 3.81. The van der Waals surface area contributed by atoms with Crippen molar-refractivity contribution >= 4 is 27.8 Å². The van der Waals surface area contributed by atoms with Gasteiger partial charge >= 0.3 is 0 Å². The molecule has 0 bridgehead atoms. The predicted molar refractivity (Wildman–Crippen MR) is 72.6 cm³/mol. The maximum Gasteiger partial charge on any atom is 0.106 e. The van der Waals surface area contributed by atoms with Crippen molar-refractivity contribution in [2.24, 2.45) is 0 Å². The van der Waals surface area contributed by atoms with Crippen LogP contribution in [-0.2, 0) is 16.6 Å². The molecule has 0 amide bonds. The number of hydrogen-bond donors (Lipinski definition) is 1. The third-order valence-electron chi connectivity index (χ3n) is 2.45. The monoisotopic (exact) mass is 266 g/mol. The summed E-state index contributed by atoms with van der Waals surface area (Å²) in [5.41, 5.74) is 7.33. The number of anilines is 1. The Kier molecular flexibility index (Phi) is 3.59. The zero-order chi connectivity index (χ0) is 12.4. The van der Waals surface area contributed by atoms with Crippen molar-refractivity contribution < 1.29 is 4.21 Å². The molecule has 90 valence electrons. The van der Waals surface area contributed by atoms with Gasteiger partial charge in [-0.25, -0.2) is 4.98 Å². The molecule has 2 rings (SSSR count). The number of rotatable bonds is 3. The van der Waals surface area contributed by atoms with E-state index in [1.807, 2.05) is 26.0 Å². The van der Waals surface area contributed by atoms with Crippen LogP contribution in [0.3, 0.4) is 0 Å². The summed E-state index contributed by atoms with van der Waals surface area (Å²) in [5.74, 6) is 0.461. The van der Waals surface area contributed by atoms with E-state index in [4.69, 9.17) is 5.73 Å². The molecule has 17 heavy (non-hydrogen) atoms. The Bertz CT molecular complexity index is 544. The molecule has 0 saturated carbocycles. The van der Waals surface area contributed by atoms with Gasteiger partial charge in [-0.05, 0) is 32.0 Å². The Morgan fingerprint density at radius 3 is 2.76 bits per heavy atom. The number of hydrogen-bond acceptors (Lipinski definition) is 4. The summed E-state index contributed by atoms with van der Waals surface area (Å²) in [4.78, 5) is 6.34. The topological polar surface area (TPSA) is 56.0 Å². The van der Waals surface area contributed by atoms with Crippen molar-refractivity contribution in [2.75, 3.05) is 5.73 Å². The van der Waals surface area contributed by atoms with E-state index in [1.54, 1.807) is 23.5 Å². The van der Waals surface area contributed by atoms with Crippen LogP contribution in [0.15, 0.2) is 29.2 Å². The van der Waals surface area contributed by atoms with Crippen LogP contribution >= 0.6 is 11.3 Å². The summed E-state index contributed by atoms with van der Waals surface area (Å²) in [5, 5.41) is 0.917. The summed E-state index contributed by atoms with van der Waals surface area (Å²) in [6.07, 6.45) is 0. The molecule has 1 aromatic heterocycles. The van der Waals surface area contributed by atoms with E-state index in [2.05, 4.69) is 4.98 Å². The number of nitrogens with two attached hydrogens (primary N) is 1. The molecule has 0 aliphatic heterocycles. The Hall–Kier alpha value is -1.20. The van der Waals surface area contributed by atoms with Crippen molar-refractivity contribution in [3.63, 3.8) is 0 Å². The Labute approximate surface area is 107 Å². The summed E-state index contributed by atoms with van der Waals surface area (Å²) >= 11 is 1.61. The van der Waals surface area contributed by atoms with Crippen LogP contribution in [0.1, 0.15) is 15.6 Å². The molecule has 0 spiro atoms. The molecule has 5 heteroatoms. The van der Waals surface area contributed by atoms with E-state index in [0.29, 0.717) is 11.4 Å². The highest BCUT2D eigenvalue weighted by atomic mass is 32.2. The van der Waals surface area contributed by atoms with Gasteiger partial charge in [0.05, 0.1) is 22.2 Å². The third kappa shape index (κ3) is 2.92. The molecule has 0 radical (unpaired) electrons. The number of nitrogen functional groups attached to an aromatic ring is 1. The van der Waals surface area contributed by atoms with E-state index in [-0.39, 0.29) is 0 Å². The van der Waals surface area contributed by atoms with Gasteiger partial charge in [0.1, 0.15) is 5.01 Å². The van der Waals surface area contributed by atoms with Crippen molar-refractivity contribution in [2.45, 2.75) is 24.5 Å². The summed E-state index contributed by atoms with van der Waals surface area (Å²) < 4.78 is 12.1. The van der Waals surface area contributed by atoms with Crippen LogP contribution in [0.2, 0.25) is 0 Å². The Morgan fingerprint density at radius 2 is 2.18 bits per heavy atom. The maximum absolute atomic E-state index is 12.1. The minimum absolute atomic E-state index is 0.461. The molecule has 2 aromatic rings. The van der Waals surface area contributed by atoms with Crippen LogP contribution in [-0.4, -0.2) is 9.19 Å². The number of thiazole rings is 1. The average Bonchev–Trinajstić information content (AvgIpc) is 2.58. The molecule has 1 unspecified atom stereocenters. The zero-order valence-electron chi connectivity index (χ0n) is 9.77. The summed E-state index contributed by atoms with van der Waals surface area (Å²) in [7, 11) is -1.07. The first-order valence-corrected chi connectivity index (χ1v) is 7.36. The Balaban J connectivity index is 2.17. The van der Waals surface area contributed by atoms with Gasteiger partial charge in [-0.1, -0.05) is 6.07 Å². The van der Waals surface area contributed by atoms with Crippen molar-refractivity contribution in [1.29, 1.82) is 0 Å². The van der Waals surface area contributed by atoms with E-state index >= 15 is 0 Å². The molecular formula is C12H14N2OS2. The second-order valence-corrected chi connectivity index (χ2v) is 6.55. The summed E-state index contributed by atoms with van der Waals surface area (Å²) in [6, 6.07) is 7.20. The SMILES string of the molecule is Cc1nc(CS(=O)c2cccc(N)c2)sc1C. The largest absolute Gasteiger partial charge is 0.399 e. The lowest BCUT2D eigenvalue weighted by Crippen LogP contribution is -1.97. The van der Waals surface area contributed by atoms with Gasteiger partial charge in [-0.3, -0.25) is 4.21 Å². The fourth-order valence-corrected chi connectivity index (χ4v) is 3.69. The van der Waals surface area contributed by atoms with Crippen LogP contribution in [0.4, 0.5) is 5.69 Å². The average molecular weight is 266 g/mol. The van der Waals surface area contributed by atoms with Gasteiger partial charge in [0.15, 0.2) is 0 Å². The number of aryl methyl sites for hydroxylation is 2. The molecule has 3 nitrogen and oxygen atoms in total. The third-order valence-corrected chi connectivity index (χ3v) is 5.02. The number of nitrogens with zero attached hydrogens (tertiary/aromatic N) is 1. The maximum atomic E-state index is 12.1. The first-order chi connectivity index (χ1) is 8.06. The quantitative estimate of drug-likeness (QED) is 0.869. The second kappa shape index (κ2) is 4.98. The van der Waals surface area contributed by atoms with Gasteiger partial charge in [-0.2, -0.15) is 0 Å². The molecule has 0 saturated heterocycles. The van der Waals surface area contributed by atoms with Crippen LogP contribution in [0, 0.1) is 13.8 Å². The van der Waals surface area contributed by atoms with Crippen molar-refractivity contribution in [3.05, 3.63) is 39.8 Å². The predicted octanol–water partition coefficient (Wildman–Crippen LogP) is 2.65. The molecule has 1 atom stereocenters. The minimum atomic E-state index is -1.07. The molecular weight excluding hydrogens is 252 g/mol. The molecule has 0 fully saturated rings.